The third kappa shape index (κ3) is 7.19. The smallest absolute Gasteiger partial charge is 0.275 e. The van der Waals surface area contributed by atoms with Crippen LogP contribution < -0.4 is 20.3 Å². The Hall–Kier alpha value is -4.26. The number of ether oxygens (including phenoxy) is 3. The number of nitrogens with zero attached hydrogens (tertiary/aromatic N) is 3. The van der Waals surface area contributed by atoms with E-state index in [1.165, 1.54) is 4.31 Å². The molecule has 0 unspecified atom stereocenters. The third-order valence-corrected chi connectivity index (χ3v) is 9.59. The molecule has 2 heterocycles. The lowest BCUT2D eigenvalue weighted by Gasteiger charge is -2.27. The van der Waals surface area contributed by atoms with Gasteiger partial charge in [-0.05, 0) is 62.6 Å². The number of aryl methyl sites for hydroxylation is 1. The summed E-state index contributed by atoms with van der Waals surface area (Å²) in [4.78, 5) is 26.6. The van der Waals surface area contributed by atoms with Gasteiger partial charge in [-0.15, -0.1) is 0 Å². The summed E-state index contributed by atoms with van der Waals surface area (Å²) in [5.41, 5.74) is 2.09. The van der Waals surface area contributed by atoms with Gasteiger partial charge in [0.05, 0.1) is 42.4 Å². The minimum atomic E-state index is -3.78. The van der Waals surface area contributed by atoms with Crippen LogP contribution in [0.15, 0.2) is 70.4 Å². The van der Waals surface area contributed by atoms with Crippen LogP contribution in [-0.2, 0) is 32.5 Å². The summed E-state index contributed by atoms with van der Waals surface area (Å²) in [5, 5.41) is 8.41. The number of benzene rings is 3. The number of nitrogens with one attached hydrogen (secondary N) is 1. The maximum atomic E-state index is 13.6. The molecular weight excluding hydrogens is 596 g/mol. The summed E-state index contributed by atoms with van der Waals surface area (Å²) in [5.74, 6) is 0.949. The van der Waals surface area contributed by atoms with Crippen LogP contribution in [0.2, 0.25) is 0 Å². The number of fused-ring (bicyclic) bond motifs is 1. The monoisotopic (exact) mass is 634 g/mol. The van der Waals surface area contributed by atoms with Crippen molar-refractivity contribution in [1.82, 2.24) is 19.4 Å². The van der Waals surface area contributed by atoms with Gasteiger partial charge in [0.25, 0.3) is 5.56 Å². The Labute approximate surface area is 262 Å². The van der Waals surface area contributed by atoms with Crippen molar-refractivity contribution in [3.05, 3.63) is 82.1 Å². The van der Waals surface area contributed by atoms with Crippen molar-refractivity contribution in [2.24, 2.45) is 0 Å². The van der Waals surface area contributed by atoms with E-state index in [-0.39, 0.29) is 30.4 Å². The Bertz CT molecular complexity index is 1850. The molecule has 0 radical (unpaired) electrons. The summed E-state index contributed by atoms with van der Waals surface area (Å²) in [6, 6.07) is 17.8. The maximum Gasteiger partial charge on any atom is 0.275 e. The van der Waals surface area contributed by atoms with E-state index in [2.05, 4.69) is 10.4 Å². The van der Waals surface area contributed by atoms with Gasteiger partial charge in [-0.2, -0.15) is 9.40 Å². The van der Waals surface area contributed by atoms with Crippen molar-refractivity contribution in [3.63, 3.8) is 0 Å². The number of sulfonamides is 1. The minimum Gasteiger partial charge on any atom is -0.490 e. The van der Waals surface area contributed by atoms with Crippen LogP contribution in [0.4, 0.5) is 0 Å². The zero-order chi connectivity index (χ0) is 32.0. The lowest BCUT2D eigenvalue weighted by Crippen LogP contribution is -2.40. The molecule has 0 bridgehead atoms. The Morgan fingerprint density at radius 1 is 0.956 bits per heavy atom. The molecule has 1 aliphatic heterocycles. The van der Waals surface area contributed by atoms with E-state index in [9.17, 15) is 18.0 Å². The van der Waals surface area contributed by atoms with Gasteiger partial charge in [0.15, 0.2) is 11.5 Å². The van der Waals surface area contributed by atoms with Crippen LogP contribution in [0.3, 0.4) is 0 Å². The Kier molecular flexibility index (Phi) is 10.2. The second-order valence-corrected chi connectivity index (χ2v) is 12.5. The summed E-state index contributed by atoms with van der Waals surface area (Å²) in [6.07, 6.45) is 0.549. The zero-order valence-electron chi connectivity index (χ0n) is 25.7. The Morgan fingerprint density at radius 2 is 1.67 bits per heavy atom. The average Bonchev–Trinajstić information content (AvgIpc) is 3.04. The molecule has 3 aromatic carbocycles. The minimum absolute atomic E-state index is 0.171. The molecule has 4 aromatic rings. The quantitative estimate of drug-likeness (QED) is 0.251. The average molecular weight is 635 g/mol. The van der Waals surface area contributed by atoms with Crippen LogP contribution in [-0.4, -0.2) is 74.5 Å². The van der Waals surface area contributed by atoms with Crippen LogP contribution >= 0.6 is 0 Å². The molecule has 0 saturated carbocycles. The molecule has 45 heavy (non-hydrogen) atoms. The molecule has 0 aliphatic carbocycles. The molecule has 238 valence electrons. The lowest BCUT2D eigenvalue weighted by atomic mass is 10.0. The van der Waals surface area contributed by atoms with Gasteiger partial charge in [0, 0.05) is 30.6 Å². The largest absolute Gasteiger partial charge is 0.490 e. The van der Waals surface area contributed by atoms with Gasteiger partial charge in [-0.1, -0.05) is 36.4 Å². The highest BCUT2D eigenvalue weighted by Crippen LogP contribution is 2.30. The van der Waals surface area contributed by atoms with Crippen LogP contribution in [0.5, 0.6) is 11.5 Å². The van der Waals surface area contributed by atoms with Crippen LogP contribution in [0, 0.1) is 6.92 Å². The normalized spacial score (nSPS) is 13.9. The molecular formula is C33H38N4O7S. The number of hydrogen-bond acceptors (Lipinski definition) is 8. The molecule has 12 heteroatoms. The van der Waals surface area contributed by atoms with E-state index in [0.29, 0.717) is 78.5 Å². The van der Waals surface area contributed by atoms with Gasteiger partial charge < -0.3 is 19.5 Å². The second kappa shape index (κ2) is 14.2. The van der Waals surface area contributed by atoms with E-state index in [1.807, 2.05) is 32.0 Å². The van der Waals surface area contributed by atoms with Gasteiger partial charge in [-0.25, -0.2) is 13.1 Å². The van der Waals surface area contributed by atoms with E-state index < -0.39 is 15.6 Å². The number of carbonyl (C=O) groups is 1. The van der Waals surface area contributed by atoms with Crippen molar-refractivity contribution in [2.75, 3.05) is 46.1 Å². The highest BCUT2D eigenvalue weighted by Gasteiger charge is 2.28. The highest BCUT2D eigenvalue weighted by molar-refractivity contribution is 7.89. The summed E-state index contributed by atoms with van der Waals surface area (Å²) in [7, 11) is -3.78. The van der Waals surface area contributed by atoms with E-state index in [4.69, 9.17) is 14.2 Å². The van der Waals surface area contributed by atoms with Gasteiger partial charge in [0.2, 0.25) is 15.9 Å². The Balaban J connectivity index is 1.38. The molecule has 0 atom stereocenters. The zero-order valence-corrected chi connectivity index (χ0v) is 26.6. The van der Waals surface area contributed by atoms with E-state index in [0.717, 1.165) is 10.2 Å². The van der Waals surface area contributed by atoms with Crippen LogP contribution in [0.25, 0.3) is 22.0 Å². The standard InChI is InChI=1S/C33H38N4O7S/c1-4-43-28-13-11-24(20-29(28)44-5-2)14-15-34-31(38)22-37-33(39)27-9-7-6-8-26(27)32(35-37)25-12-10-23(3)30(21-25)45(40,41)36-16-18-42-19-17-36/h6-13,20-21H,4-5,14-19,22H2,1-3H3,(H,34,38). The summed E-state index contributed by atoms with van der Waals surface area (Å²) in [6.45, 7) is 7.87. The van der Waals surface area contributed by atoms with Crippen molar-refractivity contribution in [2.45, 2.75) is 38.6 Å². The van der Waals surface area contributed by atoms with Gasteiger partial charge in [-0.3, -0.25) is 9.59 Å². The molecule has 1 aromatic heterocycles. The third-order valence-electron chi connectivity index (χ3n) is 7.55. The van der Waals surface area contributed by atoms with Crippen molar-refractivity contribution < 1.29 is 27.4 Å². The topological polar surface area (TPSA) is 129 Å². The van der Waals surface area contributed by atoms with Gasteiger partial charge in [0.1, 0.15) is 6.54 Å². The number of carbonyl (C=O) groups excluding carboxylic acids is 1. The fraction of sp³-hybridized carbons (Fsp3) is 0.364. The van der Waals surface area contributed by atoms with E-state index >= 15 is 0 Å². The van der Waals surface area contributed by atoms with Crippen molar-refractivity contribution >= 4 is 26.7 Å². The molecule has 1 amide bonds. The highest BCUT2D eigenvalue weighted by atomic mass is 32.2. The molecule has 1 aliphatic rings. The second-order valence-electron chi connectivity index (χ2n) is 10.6. The van der Waals surface area contributed by atoms with Crippen molar-refractivity contribution in [3.8, 4) is 22.8 Å². The number of rotatable bonds is 12. The molecule has 1 fully saturated rings. The number of amides is 1. The SMILES string of the molecule is CCOc1ccc(CCNC(=O)Cn2nc(-c3ccc(C)c(S(=O)(=O)N4CCOCC4)c3)c3ccccc3c2=O)cc1OCC. The fourth-order valence-corrected chi connectivity index (χ4v) is 6.95. The maximum absolute atomic E-state index is 13.6. The molecule has 5 rings (SSSR count). The molecule has 0 spiro atoms. The fourth-order valence-electron chi connectivity index (χ4n) is 5.30. The first-order valence-corrected chi connectivity index (χ1v) is 16.5. The first kappa shape index (κ1) is 32.1. The number of aromatic nitrogens is 2. The summed E-state index contributed by atoms with van der Waals surface area (Å²) >= 11 is 0. The number of morpholine rings is 1. The van der Waals surface area contributed by atoms with Crippen molar-refractivity contribution in [1.29, 1.82) is 0 Å². The first-order chi connectivity index (χ1) is 21.7. The van der Waals surface area contributed by atoms with E-state index in [1.54, 1.807) is 49.4 Å². The van der Waals surface area contributed by atoms with Crippen LogP contribution in [0.1, 0.15) is 25.0 Å². The van der Waals surface area contributed by atoms with Gasteiger partial charge >= 0.3 is 0 Å². The predicted molar refractivity (Wildman–Crippen MR) is 171 cm³/mol. The molecule has 1 N–H and O–H groups in total. The first-order valence-electron chi connectivity index (χ1n) is 15.1. The molecule has 11 nitrogen and oxygen atoms in total. The Morgan fingerprint density at radius 3 is 2.40 bits per heavy atom. The molecule has 1 saturated heterocycles. The summed E-state index contributed by atoms with van der Waals surface area (Å²) < 4.78 is 46.3. The predicted octanol–water partition coefficient (Wildman–Crippen LogP) is 3.55. The lowest BCUT2D eigenvalue weighted by molar-refractivity contribution is -0.121. The number of hydrogen-bond donors (Lipinski definition) is 1.